The van der Waals surface area contributed by atoms with Crippen LogP contribution in [0.3, 0.4) is 0 Å². The molecule has 0 atom stereocenters. The van der Waals surface area contributed by atoms with Crippen LogP contribution in [0.4, 0.5) is 0 Å². The van der Waals surface area contributed by atoms with Crippen LogP contribution in [0.2, 0.25) is 11.3 Å². The van der Waals surface area contributed by atoms with Crippen LogP contribution in [0.1, 0.15) is 0 Å². The third-order valence-corrected chi connectivity index (χ3v) is 21.5. The fourth-order valence-electron chi connectivity index (χ4n) is 2.72. The summed E-state index contributed by atoms with van der Waals surface area (Å²) in [4.78, 5) is 0. The van der Waals surface area contributed by atoms with Gasteiger partial charge in [0.25, 0.3) is 0 Å². The second kappa shape index (κ2) is 4.53. The third kappa shape index (κ3) is 2.07. The van der Waals surface area contributed by atoms with Crippen molar-refractivity contribution in [3.8, 4) is 0 Å². The van der Waals surface area contributed by atoms with E-state index in [9.17, 15) is 0 Å². The van der Waals surface area contributed by atoms with Crippen molar-refractivity contribution in [1.29, 1.82) is 0 Å². The fraction of sp³-hybridized carbons (Fsp3) is 0.143. The lowest BCUT2D eigenvalue weighted by atomic mass is 10.4. The molecule has 0 saturated carbocycles. The van der Waals surface area contributed by atoms with Gasteiger partial charge in [-0.1, -0.05) is 60.7 Å². The molecule has 4 heteroatoms. The summed E-state index contributed by atoms with van der Waals surface area (Å²) in [6, 6.07) is 21.0. The Bertz CT molecular complexity index is 487. The minimum atomic E-state index is -1.79. The Morgan fingerprint density at radius 1 is 0.611 bits per heavy atom. The van der Waals surface area contributed by atoms with Crippen molar-refractivity contribution in [2.75, 3.05) is 0 Å². The van der Waals surface area contributed by atoms with Crippen molar-refractivity contribution < 1.29 is 0 Å². The molecule has 2 aromatic carbocycles. The zero-order chi connectivity index (χ0) is 12.6. The highest BCUT2D eigenvalue weighted by Gasteiger charge is 2.58. The molecule has 92 valence electrons. The van der Waals surface area contributed by atoms with Crippen LogP contribution in [-0.4, -0.2) is 14.8 Å². The van der Waals surface area contributed by atoms with Crippen LogP contribution in [0.25, 0.3) is 0 Å². The van der Waals surface area contributed by atoms with Gasteiger partial charge in [0.05, 0.1) is 0 Å². The van der Waals surface area contributed by atoms with Crippen molar-refractivity contribution in [2.24, 2.45) is 0 Å². The van der Waals surface area contributed by atoms with Crippen LogP contribution in [-0.2, 0) is 0 Å². The largest absolute Gasteiger partial charge is 0.184 e. The minimum absolute atomic E-state index is 1.05. The molecular formula is C14H14Cl2Si2. The van der Waals surface area contributed by atoms with E-state index in [4.69, 9.17) is 22.2 Å². The number of hydrogen-bond acceptors (Lipinski definition) is 0. The van der Waals surface area contributed by atoms with Crippen LogP contribution in [0, 0.1) is 0 Å². The molecule has 3 rings (SSSR count). The van der Waals surface area contributed by atoms with E-state index in [-0.39, 0.29) is 0 Å². The van der Waals surface area contributed by atoms with Gasteiger partial charge in [0, 0.05) is 0 Å². The van der Waals surface area contributed by atoms with Crippen molar-refractivity contribution in [3.63, 3.8) is 0 Å². The van der Waals surface area contributed by atoms with E-state index in [1.54, 1.807) is 0 Å². The maximum Gasteiger partial charge on any atom is 0.184 e. The zero-order valence-electron chi connectivity index (χ0n) is 9.94. The Kier molecular flexibility index (Phi) is 3.14. The molecule has 0 unspecified atom stereocenters. The topological polar surface area (TPSA) is 0 Å². The van der Waals surface area contributed by atoms with Gasteiger partial charge in [0.2, 0.25) is 0 Å². The first-order valence-corrected chi connectivity index (χ1v) is 13.0. The maximum absolute atomic E-state index is 6.86. The van der Waals surface area contributed by atoms with Crippen molar-refractivity contribution in [1.82, 2.24) is 0 Å². The lowest BCUT2D eigenvalue weighted by Crippen LogP contribution is -2.68. The first kappa shape index (κ1) is 12.5. The fourth-order valence-corrected chi connectivity index (χ4v) is 24.5. The highest BCUT2D eigenvalue weighted by molar-refractivity contribution is 7.51. The van der Waals surface area contributed by atoms with Gasteiger partial charge in [-0.25, -0.2) is 0 Å². The molecule has 0 aromatic heterocycles. The molecule has 18 heavy (non-hydrogen) atoms. The molecule has 1 saturated heterocycles. The van der Waals surface area contributed by atoms with Gasteiger partial charge in [-0.3, -0.25) is 0 Å². The molecule has 0 radical (unpaired) electrons. The molecule has 2 aromatic rings. The molecule has 0 nitrogen and oxygen atoms in total. The Labute approximate surface area is 119 Å². The second-order valence-electron chi connectivity index (χ2n) is 5.02. The van der Waals surface area contributed by atoms with Gasteiger partial charge in [-0.2, -0.15) is 22.2 Å². The summed E-state index contributed by atoms with van der Waals surface area (Å²) in [6.45, 7) is 0. The molecule has 0 spiro atoms. The average Bonchev–Trinajstić information content (AvgIpc) is 2.39. The first-order chi connectivity index (χ1) is 8.62. The molecule has 1 aliphatic rings. The Morgan fingerprint density at radius 2 is 0.944 bits per heavy atom. The van der Waals surface area contributed by atoms with E-state index >= 15 is 0 Å². The van der Waals surface area contributed by atoms with Gasteiger partial charge >= 0.3 is 0 Å². The summed E-state index contributed by atoms with van der Waals surface area (Å²) >= 11 is 13.7. The van der Waals surface area contributed by atoms with E-state index in [1.807, 2.05) is 12.1 Å². The highest BCUT2D eigenvalue weighted by atomic mass is 35.6. The van der Waals surface area contributed by atoms with Crippen molar-refractivity contribution in [3.05, 3.63) is 60.7 Å². The quantitative estimate of drug-likeness (QED) is 0.590. The van der Waals surface area contributed by atoms with Crippen molar-refractivity contribution in [2.45, 2.75) is 11.3 Å². The lowest BCUT2D eigenvalue weighted by molar-refractivity contribution is 1.50. The molecule has 0 amide bonds. The van der Waals surface area contributed by atoms with Gasteiger partial charge in [-0.15, -0.1) is 0 Å². The third-order valence-electron chi connectivity index (χ3n) is 3.70. The predicted octanol–water partition coefficient (Wildman–Crippen LogP) is 3.26. The lowest BCUT2D eigenvalue weighted by Gasteiger charge is -2.46. The van der Waals surface area contributed by atoms with E-state index < -0.39 is 14.8 Å². The minimum Gasteiger partial charge on any atom is -0.161 e. The first-order valence-electron chi connectivity index (χ1n) is 6.11. The van der Waals surface area contributed by atoms with Crippen LogP contribution >= 0.6 is 22.2 Å². The summed E-state index contributed by atoms with van der Waals surface area (Å²) in [6.07, 6.45) is 0. The summed E-state index contributed by atoms with van der Waals surface area (Å²) < 4.78 is 0. The number of halogens is 2. The molecule has 0 bridgehead atoms. The van der Waals surface area contributed by atoms with Gasteiger partial charge in [-0.05, 0) is 21.7 Å². The molecule has 0 aliphatic carbocycles. The smallest absolute Gasteiger partial charge is 0.161 e. The standard InChI is InChI=1S/C14H14Cl2Si2/c15-17(13-7-3-1-4-8-13)11-18(16,12-17)14-9-5-2-6-10-14/h1-10H,11-12H2. The SMILES string of the molecule is Cl[Si]1(c2ccccc2)C[Si](Cl)(c2ccccc2)C1. The van der Waals surface area contributed by atoms with Crippen LogP contribution < -0.4 is 10.4 Å². The van der Waals surface area contributed by atoms with E-state index in [2.05, 4.69) is 48.5 Å². The van der Waals surface area contributed by atoms with E-state index in [0.717, 1.165) is 11.3 Å². The molecule has 1 heterocycles. The summed E-state index contributed by atoms with van der Waals surface area (Å²) in [7, 11) is -3.58. The molecular weight excluding hydrogens is 295 g/mol. The maximum atomic E-state index is 6.86. The molecule has 0 N–H and O–H groups in total. The predicted molar refractivity (Wildman–Crippen MR) is 85.0 cm³/mol. The van der Waals surface area contributed by atoms with Gasteiger partial charge in [0.15, 0.2) is 14.8 Å². The highest BCUT2D eigenvalue weighted by Crippen LogP contribution is 2.44. The zero-order valence-corrected chi connectivity index (χ0v) is 13.5. The van der Waals surface area contributed by atoms with Crippen LogP contribution in [0.15, 0.2) is 60.7 Å². The van der Waals surface area contributed by atoms with E-state index in [1.165, 1.54) is 10.4 Å². The van der Waals surface area contributed by atoms with E-state index in [0.29, 0.717) is 0 Å². The van der Waals surface area contributed by atoms with Gasteiger partial charge < -0.3 is 0 Å². The Morgan fingerprint density at radius 3 is 1.28 bits per heavy atom. The average molecular weight is 309 g/mol. The molecule has 1 fully saturated rings. The Hall–Kier alpha value is -0.546. The number of benzene rings is 2. The van der Waals surface area contributed by atoms with Gasteiger partial charge in [0.1, 0.15) is 0 Å². The summed E-state index contributed by atoms with van der Waals surface area (Å²) in [5, 5.41) is 2.68. The van der Waals surface area contributed by atoms with Crippen molar-refractivity contribution >= 4 is 47.3 Å². The second-order valence-corrected chi connectivity index (χ2v) is 17.2. The monoisotopic (exact) mass is 308 g/mol. The summed E-state index contributed by atoms with van der Waals surface area (Å²) in [5.41, 5.74) is 2.11. The molecule has 1 aliphatic heterocycles. The van der Waals surface area contributed by atoms with Crippen LogP contribution in [0.5, 0.6) is 0 Å². The summed E-state index contributed by atoms with van der Waals surface area (Å²) in [5.74, 6) is 0. The number of rotatable bonds is 2. The Balaban J connectivity index is 1.84. The normalized spacial score (nSPS) is 30.8. The number of hydrogen-bond donors (Lipinski definition) is 0.